The Labute approximate surface area is 112 Å². The van der Waals surface area contributed by atoms with Crippen LogP contribution in [0.5, 0.6) is 0 Å². The van der Waals surface area contributed by atoms with Gasteiger partial charge in [-0.3, -0.25) is 4.79 Å². The molecule has 0 amide bonds. The van der Waals surface area contributed by atoms with E-state index < -0.39 is 0 Å². The summed E-state index contributed by atoms with van der Waals surface area (Å²) in [6, 6.07) is 10.4. The van der Waals surface area contributed by atoms with Crippen molar-refractivity contribution in [1.29, 1.82) is 0 Å². The van der Waals surface area contributed by atoms with E-state index in [1.807, 2.05) is 16.8 Å². The first-order chi connectivity index (χ1) is 8.65. The monoisotopic (exact) mass is 258 g/mol. The maximum Gasteiger partial charge on any atom is 0.141 e. The van der Waals surface area contributed by atoms with E-state index in [4.69, 9.17) is 0 Å². The Balaban J connectivity index is 1.95. The fraction of sp³-hybridized carbons (Fsp3) is 0.312. The van der Waals surface area contributed by atoms with Crippen molar-refractivity contribution in [1.82, 2.24) is 0 Å². The maximum atomic E-state index is 11.9. The number of carbonyl (C=O) groups excluding carboxylic acids is 1. The molecule has 0 radical (unpaired) electrons. The molecule has 0 saturated heterocycles. The number of ketones is 1. The lowest BCUT2D eigenvalue weighted by molar-refractivity contribution is -0.117. The van der Waals surface area contributed by atoms with Crippen molar-refractivity contribution in [3.63, 3.8) is 0 Å². The zero-order valence-corrected chi connectivity index (χ0v) is 11.7. The van der Waals surface area contributed by atoms with Crippen molar-refractivity contribution in [2.75, 3.05) is 0 Å². The number of rotatable bonds is 5. The molecule has 0 saturated carbocycles. The Hall–Kier alpha value is -1.41. The van der Waals surface area contributed by atoms with Gasteiger partial charge in [-0.15, -0.1) is 0 Å². The molecule has 2 rings (SSSR count). The van der Waals surface area contributed by atoms with E-state index in [2.05, 4.69) is 38.1 Å². The molecule has 2 aromatic rings. The number of carbonyl (C=O) groups is 1. The number of thiophene rings is 1. The van der Waals surface area contributed by atoms with Gasteiger partial charge in [-0.2, -0.15) is 11.3 Å². The molecule has 1 aromatic carbocycles. The third-order valence-electron chi connectivity index (χ3n) is 3.03. The summed E-state index contributed by atoms with van der Waals surface area (Å²) in [5, 5.41) is 4.06. The SMILES string of the molecule is CC(C)c1ccc(CC(=O)Cc2ccsc2)cc1. The van der Waals surface area contributed by atoms with E-state index in [0.29, 0.717) is 18.8 Å². The lowest BCUT2D eigenvalue weighted by Crippen LogP contribution is -2.05. The highest BCUT2D eigenvalue weighted by Gasteiger charge is 2.06. The fourth-order valence-electron chi connectivity index (χ4n) is 1.93. The molecule has 0 aliphatic heterocycles. The summed E-state index contributed by atoms with van der Waals surface area (Å²) in [7, 11) is 0. The second kappa shape index (κ2) is 5.96. The van der Waals surface area contributed by atoms with E-state index in [9.17, 15) is 4.79 Å². The van der Waals surface area contributed by atoms with Crippen molar-refractivity contribution in [2.45, 2.75) is 32.6 Å². The van der Waals surface area contributed by atoms with Gasteiger partial charge in [-0.1, -0.05) is 38.1 Å². The minimum atomic E-state index is 0.283. The summed E-state index contributed by atoms with van der Waals surface area (Å²) in [5.74, 6) is 0.825. The first-order valence-electron chi connectivity index (χ1n) is 6.27. The molecule has 0 atom stereocenters. The van der Waals surface area contributed by atoms with Gasteiger partial charge in [0.1, 0.15) is 5.78 Å². The van der Waals surface area contributed by atoms with Gasteiger partial charge in [0.15, 0.2) is 0 Å². The fourth-order valence-corrected chi connectivity index (χ4v) is 2.60. The first kappa shape index (κ1) is 13.0. The first-order valence-corrected chi connectivity index (χ1v) is 7.21. The Bertz CT molecular complexity index is 494. The van der Waals surface area contributed by atoms with Crippen LogP contribution in [0.1, 0.15) is 36.5 Å². The van der Waals surface area contributed by atoms with Crippen LogP contribution < -0.4 is 0 Å². The highest BCUT2D eigenvalue weighted by Crippen LogP contribution is 2.15. The molecule has 0 fully saturated rings. The second-order valence-electron chi connectivity index (χ2n) is 4.92. The minimum Gasteiger partial charge on any atom is -0.299 e. The van der Waals surface area contributed by atoms with Gasteiger partial charge in [0, 0.05) is 12.8 Å². The third-order valence-corrected chi connectivity index (χ3v) is 3.76. The van der Waals surface area contributed by atoms with Crippen molar-refractivity contribution < 1.29 is 4.79 Å². The number of hydrogen-bond acceptors (Lipinski definition) is 2. The van der Waals surface area contributed by atoms with Crippen LogP contribution in [0, 0.1) is 0 Å². The molecular formula is C16H18OS. The lowest BCUT2D eigenvalue weighted by Gasteiger charge is -2.06. The molecule has 1 aromatic heterocycles. The molecule has 94 valence electrons. The normalized spacial score (nSPS) is 10.8. The van der Waals surface area contributed by atoms with Crippen LogP contribution in [0.2, 0.25) is 0 Å². The maximum absolute atomic E-state index is 11.9. The van der Waals surface area contributed by atoms with Gasteiger partial charge in [0.2, 0.25) is 0 Å². The van der Waals surface area contributed by atoms with Crippen molar-refractivity contribution in [3.05, 3.63) is 57.8 Å². The van der Waals surface area contributed by atoms with Crippen molar-refractivity contribution >= 4 is 17.1 Å². The molecule has 0 unspecified atom stereocenters. The zero-order chi connectivity index (χ0) is 13.0. The predicted molar refractivity (Wildman–Crippen MR) is 77.3 cm³/mol. The van der Waals surface area contributed by atoms with E-state index in [0.717, 1.165) is 11.1 Å². The minimum absolute atomic E-state index is 0.283. The summed E-state index contributed by atoms with van der Waals surface area (Å²) < 4.78 is 0. The highest BCUT2D eigenvalue weighted by atomic mass is 32.1. The highest BCUT2D eigenvalue weighted by molar-refractivity contribution is 7.07. The Morgan fingerprint density at radius 1 is 1.06 bits per heavy atom. The van der Waals surface area contributed by atoms with Crippen molar-refractivity contribution in [3.8, 4) is 0 Å². The average Bonchev–Trinajstić information content (AvgIpc) is 2.82. The van der Waals surface area contributed by atoms with Crippen LogP contribution in [-0.4, -0.2) is 5.78 Å². The number of Topliss-reactive ketones (excluding diaryl/α,β-unsaturated/α-hetero) is 1. The number of hydrogen-bond donors (Lipinski definition) is 0. The van der Waals surface area contributed by atoms with E-state index in [-0.39, 0.29) is 5.78 Å². The average molecular weight is 258 g/mol. The van der Waals surface area contributed by atoms with Crippen LogP contribution in [0.3, 0.4) is 0 Å². The molecule has 1 heterocycles. The summed E-state index contributed by atoms with van der Waals surface area (Å²) in [6.07, 6.45) is 1.09. The molecule has 0 bridgehead atoms. The molecule has 0 aliphatic carbocycles. The smallest absolute Gasteiger partial charge is 0.141 e. The molecule has 0 spiro atoms. The zero-order valence-electron chi connectivity index (χ0n) is 10.8. The van der Waals surface area contributed by atoms with Crippen LogP contribution in [-0.2, 0) is 17.6 Å². The molecule has 0 N–H and O–H groups in total. The number of benzene rings is 1. The Kier molecular flexibility index (Phi) is 4.32. The molecule has 18 heavy (non-hydrogen) atoms. The molecule has 1 nitrogen and oxygen atoms in total. The summed E-state index contributed by atoms with van der Waals surface area (Å²) in [6.45, 7) is 4.35. The van der Waals surface area contributed by atoms with Gasteiger partial charge in [-0.25, -0.2) is 0 Å². The van der Waals surface area contributed by atoms with Gasteiger partial charge < -0.3 is 0 Å². The van der Waals surface area contributed by atoms with Gasteiger partial charge >= 0.3 is 0 Å². The third kappa shape index (κ3) is 3.54. The molecule has 2 heteroatoms. The van der Waals surface area contributed by atoms with Gasteiger partial charge in [0.25, 0.3) is 0 Å². The summed E-state index contributed by atoms with van der Waals surface area (Å²) in [5.41, 5.74) is 3.56. The second-order valence-corrected chi connectivity index (χ2v) is 5.70. The topological polar surface area (TPSA) is 17.1 Å². The van der Waals surface area contributed by atoms with Gasteiger partial charge in [-0.05, 0) is 39.4 Å². The van der Waals surface area contributed by atoms with Crippen LogP contribution in [0.15, 0.2) is 41.1 Å². The summed E-state index contributed by atoms with van der Waals surface area (Å²) >= 11 is 1.64. The lowest BCUT2D eigenvalue weighted by atomic mass is 9.99. The largest absolute Gasteiger partial charge is 0.299 e. The molecule has 0 aliphatic rings. The van der Waals surface area contributed by atoms with Crippen LogP contribution in [0.25, 0.3) is 0 Å². The standard InChI is InChI=1S/C16H18OS/c1-12(2)15-5-3-13(4-6-15)9-16(17)10-14-7-8-18-11-14/h3-8,11-12H,9-10H2,1-2H3. The van der Waals surface area contributed by atoms with Crippen LogP contribution in [0.4, 0.5) is 0 Å². The predicted octanol–water partition coefficient (Wildman–Crippen LogP) is 4.23. The molecular weight excluding hydrogens is 240 g/mol. The Morgan fingerprint density at radius 3 is 2.28 bits per heavy atom. The van der Waals surface area contributed by atoms with Crippen molar-refractivity contribution in [2.24, 2.45) is 0 Å². The Morgan fingerprint density at radius 2 is 1.72 bits per heavy atom. The van der Waals surface area contributed by atoms with E-state index in [1.54, 1.807) is 11.3 Å². The summed E-state index contributed by atoms with van der Waals surface area (Å²) in [4.78, 5) is 11.9. The van der Waals surface area contributed by atoms with E-state index in [1.165, 1.54) is 5.56 Å². The quantitative estimate of drug-likeness (QED) is 0.784. The van der Waals surface area contributed by atoms with E-state index >= 15 is 0 Å². The van der Waals surface area contributed by atoms with Gasteiger partial charge in [0.05, 0.1) is 0 Å². The van der Waals surface area contributed by atoms with Crippen LogP contribution >= 0.6 is 11.3 Å².